The van der Waals surface area contributed by atoms with E-state index in [9.17, 15) is 9.18 Å². The van der Waals surface area contributed by atoms with E-state index in [0.717, 1.165) is 25.1 Å². The van der Waals surface area contributed by atoms with Gasteiger partial charge in [0.25, 0.3) is 0 Å². The number of hydrogen-bond acceptors (Lipinski definition) is 2. The molecule has 1 aromatic rings. The number of ether oxygens (including phenoxy) is 1. The maximum Gasteiger partial charge on any atom is 0.409 e. The van der Waals surface area contributed by atoms with Crippen LogP contribution in [0.25, 0.3) is 0 Å². The van der Waals surface area contributed by atoms with Gasteiger partial charge in [-0.3, -0.25) is 0 Å². The Morgan fingerprint density at radius 3 is 2.68 bits per heavy atom. The van der Waals surface area contributed by atoms with Gasteiger partial charge >= 0.3 is 6.09 Å². The van der Waals surface area contributed by atoms with E-state index < -0.39 is 0 Å². The highest BCUT2D eigenvalue weighted by atomic mass is 19.1. The summed E-state index contributed by atoms with van der Waals surface area (Å²) in [5.41, 5.74) is 1.11. The van der Waals surface area contributed by atoms with Crippen LogP contribution in [0.5, 0.6) is 0 Å². The molecule has 1 aliphatic rings. The summed E-state index contributed by atoms with van der Waals surface area (Å²) in [4.78, 5) is 13.5. The summed E-state index contributed by atoms with van der Waals surface area (Å²) in [6, 6.07) is 6.60. The largest absolute Gasteiger partial charge is 0.450 e. The van der Waals surface area contributed by atoms with Crippen LogP contribution in [-0.4, -0.2) is 30.7 Å². The number of hydrogen-bond donors (Lipinski definition) is 0. The van der Waals surface area contributed by atoms with E-state index in [-0.39, 0.29) is 11.9 Å². The molecular weight excluding hydrogens is 245 g/mol. The van der Waals surface area contributed by atoms with Crippen LogP contribution in [-0.2, 0) is 11.2 Å². The fraction of sp³-hybridized carbons (Fsp3) is 0.533. The lowest BCUT2D eigenvalue weighted by molar-refractivity contribution is 0.114. The van der Waals surface area contributed by atoms with Crippen LogP contribution < -0.4 is 0 Å². The molecule has 0 N–H and O–H groups in total. The lowest BCUT2D eigenvalue weighted by atomic mass is 9.91. The maximum absolute atomic E-state index is 12.9. The number of nitrogens with zero attached hydrogens (tertiary/aromatic N) is 1. The van der Waals surface area contributed by atoms with E-state index in [1.807, 2.05) is 19.1 Å². The first-order valence-corrected chi connectivity index (χ1v) is 6.76. The standard InChI is InChI=1S/C15H20FNO2/c1-3-19-15(18)17-9-11(2)13(10-17)8-12-4-6-14(16)7-5-12/h4-7,11,13H,3,8-10H2,1-2H3/t11-,13-/m1/s1. The van der Waals surface area contributed by atoms with Gasteiger partial charge in [0.05, 0.1) is 6.61 Å². The van der Waals surface area contributed by atoms with Crippen molar-refractivity contribution >= 4 is 6.09 Å². The zero-order valence-corrected chi connectivity index (χ0v) is 11.4. The van der Waals surface area contributed by atoms with E-state index >= 15 is 0 Å². The first kappa shape index (κ1) is 13.8. The van der Waals surface area contributed by atoms with E-state index in [2.05, 4.69) is 6.92 Å². The zero-order chi connectivity index (χ0) is 13.8. The van der Waals surface area contributed by atoms with Crippen molar-refractivity contribution in [1.29, 1.82) is 0 Å². The van der Waals surface area contributed by atoms with Gasteiger partial charge in [-0.25, -0.2) is 9.18 Å². The van der Waals surface area contributed by atoms with Crippen LogP contribution in [0.15, 0.2) is 24.3 Å². The molecule has 0 saturated carbocycles. The first-order chi connectivity index (χ1) is 9.10. The lowest BCUT2D eigenvalue weighted by Crippen LogP contribution is -2.29. The number of benzene rings is 1. The van der Waals surface area contributed by atoms with Crippen molar-refractivity contribution < 1.29 is 13.9 Å². The van der Waals surface area contributed by atoms with Gasteiger partial charge < -0.3 is 9.64 Å². The molecule has 1 heterocycles. The average Bonchev–Trinajstić information content (AvgIpc) is 2.74. The third-order valence-electron chi connectivity index (χ3n) is 3.71. The Kier molecular flexibility index (Phi) is 4.40. The molecule has 3 nitrogen and oxygen atoms in total. The maximum atomic E-state index is 12.9. The number of halogens is 1. The van der Waals surface area contributed by atoms with E-state index in [1.165, 1.54) is 12.1 Å². The van der Waals surface area contributed by atoms with Gasteiger partial charge in [-0.1, -0.05) is 19.1 Å². The van der Waals surface area contributed by atoms with E-state index in [0.29, 0.717) is 18.4 Å². The summed E-state index contributed by atoms with van der Waals surface area (Å²) in [5.74, 6) is 0.640. The molecule has 104 valence electrons. The van der Waals surface area contributed by atoms with E-state index in [4.69, 9.17) is 4.74 Å². The van der Waals surface area contributed by atoms with Gasteiger partial charge in [-0.05, 0) is 42.9 Å². The quantitative estimate of drug-likeness (QED) is 0.840. The van der Waals surface area contributed by atoms with Gasteiger partial charge in [-0.2, -0.15) is 0 Å². The SMILES string of the molecule is CCOC(=O)N1C[C@@H](Cc2ccc(F)cc2)[C@H](C)C1. The monoisotopic (exact) mass is 265 g/mol. The van der Waals surface area contributed by atoms with Crippen molar-refractivity contribution in [3.8, 4) is 0 Å². The Morgan fingerprint density at radius 2 is 2.05 bits per heavy atom. The van der Waals surface area contributed by atoms with Gasteiger partial charge in [0.1, 0.15) is 5.82 Å². The Labute approximate surface area is 113 Å². The second kappa shape index (κ2) is 6.04. The van der Waals surface area contributed by atoms with E-state index in [1.54, 1.807) is 4.90 Å². The summed E-state index contributed by atoms with van der Waals surface area (Å²) in [7, 11) is 0. The molecule has 1 fully saturated rings. The van der Waals surface area contributed by atoms with Crippen LogP contribution >= 0.6 is 0 Å². The highest BCUT2D eigenvalue weighted by Gasteiger charge is 2.32. The fourth-order valence-electron chi connectivity index (χ4n) is 2.59. The smallest absolute Gasteiger partial charge is 0.409 e. The highest BCUT2D eigenvalue weighted by Crippen LogP contribution is 2.27. The van der Waals surface area contributed by atoms with Crippen molar-refractivity contribution in [3.63, 3.8) is 0 Å². The van der Waals surface area contributed by atoms with Crippen LogP contribution in [0.2, 0.25) is 0 Å². The molecule has 1 amide bonds. The predicted octanol–water partition coefficient (Wildman–Crippen LogP) is 3.09. The molecule has 1 aliphatic heterocycles. The lowest BCUT2D eigenvalue weighted by Gasteiger charge is -2.15. The van der Waals surface area contributed by atoms with Gasteiger partial charge in [0, 0.05) is 13.1 Å². The average molecular weight is 265 g/mol. The van der Waals surface area contributed by atoms with Gasteiger partial charge in [0.15, 0.2) is 0 Å². The van der Waals surface area contributed by atoms with Crippen molar-refractivity contribution in [2.75, 3.05) is 19.7 Å². The van der Waals surface area contributed by atoms with Crippen molar-refractivity contribution in [2.45, 2.75) is 20.3 Å². The van der Waals surface area contributed by atoms with Crippen LogP contribution in [0.1, 0.15) is 19.4 Å². The Morgan fingerprint density at radius 1 is 1.37 bits per heavy atom. The van der Waals surface area contributed by atoms with Crippen LogP contribution in [0, 0.1) is 17.7 Å². The molecule has 0 unspecified atom stereocenters. The molecular formula is C15H20FNO2. The van der Waals surface area contributed by atoms with Gasteiger partial charge in [0.2, 0.25) is 0 Å². The third-order valence-corrected chi connectivity index (χ3v) is 3.71. The second-order valence-electron chi connectivity index (χ2n) is 5.17. The summed E-state index contributed by atoms with van der Waals surface area (Å²) < 4.78 is 17.9. The summed E-state index contributed by atoms with van der Waals surface area (Å²) in [6.45, 7) is 5.83. The molecule has 1 saturated heterocycles. The topological polar surface area (TPSA) is 29.5 Å². The minimum Gasteiger partial charge on any atom is -0.450 e. The van der Waals surface area contributed by atoms with Crippen LogP contribution in [0.4, 0.5) is 9.18 Å². The Balaban J connectivity index is 1.94. The second-order valence-corrected chi connectivity index (χ2v) is 5.17. The molecule has 4 heteroatoms. The van der Waals surface area contributed by atoms with Gasteiger partial charge in [-0.15, -0.1) is 0 Å². The summed E-state index contributed by atoms with van der Waals surface area (Å²) in [5, 5.41) is 0. The number of carbonyl (C=O) groups is 1. The van der Waals surface area contributed by atoms with Crippen molar-refractivity contribution in [3.05, 3.63) is 35.6 Å². The number of rotatable bonds is 3. The normalized spacial score (nSPS) is 22.6. The predicted molar refractivity (Wildman–Crippen MR) is 71.4 cm³/mol. The fourth-order valence-corrected chi connectivity index (χ4v) is 2.59. The molecule has 19 heavy (non-hydrogen) atoms. The molecule has 0 aromatic heterocycles. The molecule has 0 bridgehead atoms. The summed E-state index contributed by atoms with van der Waals surface area (Å²) in [6.07, 6.45) is 0.646. The molecule has 2 rings (SSSR count). The zero-order valence-electron chi connectivity index (χ0n) is 11.4. The Bertz CT molecular complexity index is 432. The number of amides is 1. The van der Waals surface area contributed by atoms with Crippen LogP contribution in [0.3, 0.4) is 0 Å². The molecule has 0 spiro atoms. The first-order valence-electron chi connectivity index (χ1n) is 6.76. The molecule has 0 radical (unpaired) electrons. The molecule has 1 aromatic carbocycles. The molecule has 0 aliphatic carbocycles. The number of carbonyl (C=O) groups excluding carboxylic acids is 1. The molecule has 2 atom stereocenters. The minimum absolute atomic E-state index is 0.212. The minimum atomic E-state index is -0.226. The Hall–Kier alpha value is -1.58. The third kappa shape index (κ3) is 3.46. The highest BCUT2D eigenvalue weighted by molar-refractivity contribution is 5.68. The van der Waals surface area contributed by atoms with Crippen molar-refractivity contribution in [2.24, 2.45) is 11.8 Å². The van der Waals surface area contributed by atoms with Crippen molar-refractivity contribution in [1.82, 2.24) is 4.90 Å². The number of likely N-dealkylation sites (tertiary alicyclic amines) is 1. The summed E-state index contributed by atoms with van der Waals surface area (Å²) >= 11 is 0.